The van der Waals surface area contributed by atoms with Crippen molar-refractivity contribution < 1.29 is 9.59 Å². The monoisotopic (exact) mass is 381 g/mol. The summed E-state index contributed by atoms with van der Waals surface area (Å²) in [4.78, 5) is 31.9. The van der Waals surface area contributed by atoms with Crippen molar-refractivity contribution >= 4 is 28.5 Å². The van der Waals surface area contributed by atoms with Crippen LogP contribution in [0.4, 0.5) is 5.69 Å². The molecule has 1 N–H and O–H groups in total. The van der Waals surface area contributed by atoms with E-state index in [1.807, 2.05) is 20.8 Å². The Morgan fingerprint density at radius 1 is 1.29 bits per heavy atom. The molecular weight excluding hydrogens is 354 g/mol. The zero-order valence-electron chi connectivity index (χ0n) is 16.8. The van der Waals surface area contributed by atoms with Crippen LogP contribution in [0.5, 0.6) is 0 Å². The first-order valence-electron chi connectivity index (χ1n) is 9.97. The van der Waals surface area contributed by atoms with Crippen LogP contribution in [-0.2, 0) is 17.9 Å². The van der Waals surface area contributed by atoms with Crippen molar-refractivity contribution in [1.29, 1.82) is 0 Å². The molecule has 2 aromatic heterocycles. The zero-order valence-corrected chi connectivity index (χ0v) is 16.8. The number of hydrogen-bond acceptors (Lipinski definition) is 4. The Morgan fingerprint density at radius 3 is 2.82 bits per heavy atom. The highest BCUT2D eigenvalue weighted by Crippen LogP contribution is 2.34. The molecule has 0 fully saturated rings. The number of unbranched alkanes of at least 4 members (excludes halogenated alkanes) is 1. The van der Waals surface area contributed by atoms with Crippen LogP contribution in [0.15, 0.2) is 6.20 Å². The normalized spacial score (nSPS) is 12.8. The third kappa shape index (κ3) is 3.86. The fourth-order valence-corrected chi connectivity index (χ4v) is 3.46. The molecule has 148 valence electrons. The molecule has 0 saturated heterocycles. The molecule has 0 atom stereocenters. The number of nitrogens with one attached hydrogen (secondary N) is 1. The summed E-state index contributed by atoms with van der Waals surface area (Å²) in [5, 5.41) is 8.12. The van der Waals surface area contributed by atoms with Gasteiger partial charge in [0.2, 0.25) is 5.91 Å². The van der Waals surface area contributed by atoms with Crippen molar-refractivity contribution in [3.63, 3.8) is 0 Å². The number of amides is 2. The van der Waals surface area contributed by atoms with Crippen molar-refractivity contribution in [2.45, 2.75) is 66.0 Å². The molecule has 0 aromatic carbocycles. The van der Waals surface area contributed by atoms with Crippen LogP contribution in [0.2, 0.25) is 0 Å². The summed E-state index contributed by atoms with van der Waals surface area (Å²) < 4.78 is 1.80. The molecule has 3 heterocycles. The number of carbonyl (C=O) groups excluding carboxylic acids is 2. The van der Waals surface area contributed by atoms with Crippen LogP contribution in [-0.4, -0.2) is 38.0 Å². The first-order valence-corrected chi connectivity index (χ1v) is 9.97. The minimum Gasteiger partial charge on any atom is -0.333 e. The first-order chi connectivity index (χ1) is 13.6. The van der Waals surface area contributed by atoms with Gasteiger partial charge in [0.05, 0.1) is 41.6 Å². The van der Waals surface area contributed by atoms with Gasteiger partial charge in [-0.1, -0.05) is 20.3 Å². The minimum atomic E-state index is -0.0807. The molecule has 2 amide bonds. The second kappa shape index (κ2) is 8.87. The second-order valence-electron chi connectivity index (χ2n) is 6.97. The van der Waals surface area contributed by atoms with Crippen molar-refractivity contribution in [3.05, 3.63) is 17.5 Å². The smallest absolute Gasteiger partial charge is 0.258 e. The van der Waals surface area contributed by atoms with Crippen LogP contribution in [0.3, 0.4) is 0 Å². The third-order valence-corrected chi connectivity index (χ3v) is 4.84. The van der Waals surface area contributed by atoms with E-state index < -0.39 is 0 Å². The van der Waals surface area contributed by atoms with Gasteiger partial charge < -0.3 is 10.2 Å². The van der Waals surface area contributed by atoms with E-state index in [0.29, 0.717) is 60.5 Å². The Bertz CT molecular complexity index is 951. The van der Waals surface area contributed by atoms with E-state index in [0.717, 1.165) is 19.3 Å². The summed E-state index contributed by atoms with van der Waals surface area (Å²) in [6, 6.07) is 0. The Morgan fingerprint density at radius 2 is 2.11 bits per heavy atom. The quantitative estimate of drug-likeness (QED) is 0.711. The zero-order chi connectivity index (χ0) is 20.1. The molecule has 7 nitrogen and oxygen atoms in total. The van der Waals surface area contributed by atoms with E-state index in [1.54, 1.807) is 15.8 Å². The summed E-state index contributed by atoms with van der Waals surface area (Å²) in [5.41, 5.74) is 2.46. The standard InChI is InChI=1S/C21H27N5O2/c1-4-7-9-12-26-20-15(13-22-26)19(24-17(27)10-8-5-2)18-16(23-20)14-25(11-6-3)21(18)28/h13H,5-6,8-12,14H2,1-3H3,(H,23,24,27). The molecule has 0 radical (unpaired) electrons. The van der Waals surface area contributed by atoms with E-state index in [1.165, 1.54) is 0 Å². The van der Waals surface area contributed by atoms with Crippen LogP contribution >= 0.6 is 0 Å². The van der Waals surface area contributed by atoms with Gasteiger partial charge in [0.1, 0.15) is 0 Å². The highest BCUT2D eigenvalue weighted by atomic mass is 16.2. The number of aryl methyl sites for hydroxylation is 1. The SMILES string of the molecule is CC#CCCn1ncc2c(NC(=O)CCCC)c3c(nc21)CN(CCC)C3=O. The number of rotatable bonds is 8. The predicted octanol–water partition coefficient (Wildman–Crippen LogP) is 3.34. The molecule has 2 aromatic rings. The lowest BCUT2D eigenvalue weighted by atomic mass is 10.1. The van der Waals surface area contributed by atoms with Crippen molar-refractivity contribution in [3.8, 4) is 11.8 Å². The van der Waals surface area contributed by atoms with Crippen LogP contribution in [0, 0.1) is 11.8 Å². The molecule has 0 aliphatic carbocycles. The number of pyridine rings is 1. The van der Waals surface area contributed by atoms with Crippen molar-refractivity contribution in [2.24, 2.45) is 0 Å². The number of nitrogens with zero attached hydrogens (tertiary/aromatic N) is 4. The Hall–Kier alpha value is -2.88. The molecular formula is C21H27N5O2. The topological polar surface area (TPSA) is 80.1 Å². The van der Waals surface area contributed by atoms with E-state index in [9.17, 15) is 9.59 Å². The van der Waals surface area contributed by atoms with Gasteiger partial charge in [0, 0.05) is 19.4 Å². The average molecular weight is 381 g/mol. The number of anilines is 1. The highest BCUT2D eigenvalue weighted by molar-refractivity contribution is 6.13. The lowest BCUT2D eigenvalue weighted by Crippen LogP contribution is -2.25. The van der Waals surface area contributed by atoms with Gasteiger partial charge in [0.15, 0.2) is 5.65 Å². The summed E-state index contributed by atoms with van der Waals surface area (Å²) in [6.45, 7) is 7.66. The van der Waals surface area contributed by atoms with Crippen LogP contribution < -0.4 is 5.32 Å². The van der Waals surface area contributed by atoms with Crippen molar-refractivity contribution in [2.75, 3.05) is 11.9 Å². The van der Waals surface area contributed by atoms with Gasteiger partial charge in [-0.05, 0) is 19.8 Å². The van der Waals surface area contributed by atoms with Gasteiger partial charge in [-0.15, -0.1) is 11.8 Å². The third-order valence-electron chi connectivity index (χ3n) is 4.84. The highest BCUT2D eigenvalue weighted by Gasteiger charge is 2.33. The largest absolute Gasteiger partial charge is 0.333 e. The number of aromatic nitrogens is 3. The summed E-state index contributed by atoms with van der Waals surface area (Å²) >= 11 is 0. The fourth-order valence-electron chi connectivity index (χ4n) is 3.46. The van der Waals surface area contributed by atoms with E-state index in [4.69, 9.17) is 4.98 Å². The van der Waals surface area contributed by atoms with Gasteiger partial charge in [-0.3, -0.25) is 9.59 Å². The summed E-state index contributed by atoms with van der Waals surface area (Å²) in [5.74, 6) is 5.77. The summed E-state index contributed by atoms with van der Waals surface area (Å²) in [7, 11) is 0. The Labute approximate surface area is 165 Å². The molecule has 0 unspecified atom stereocenters. The molecule has 28 heavy (non-hydrogen) atoms. The van der Waals surface area contributed by atoms with Gasteiger partial charge in [-0.2, -0.15) is 5.10 Å². The molecule has 0 saturated carbocycles. The predicted molar refractivity (Wildman–Crippen MR) is 109 cm³/mol. The van der Waals surface area contributed by atoms with E-state index in [2.05, 4.69) is 22.3 Å². The Kier molecular flexibility index (Phi) is 6.30. The molecule has 1 aliphatic rings. The van der Waals surface area contributed by atoms with Gasteiger partial charge >= 0.3 is 0 Å². The molecule has 1 aliphatic heterocycles. The maximum Gasteiger partial charge on any atom is 0.258 e. The van der Waals surface area contributed by atoms with Gasteiger partial charge in [0.25, 0.3) is 5.91 Å². The number of carbonyl (C=O) groups is 2. The summed E-state index contributed by atoms with van der Waals surface area (Å²) in [6.07, 6.45) is 5.42. The number of hydrogen-bond donors (Lipinski definition) is 1. The van der Waals surface area contributed by atoms with Crippen LogP contribution in [0.25, 0.3) is 11.0 Å². The Balaban J connectivity index is 2.05. The minimum absolute atomic E-state index is 0.0679. The average Bonchev–Trinajstić information content (AvgIpc) is 3.22. The molecule has 7 heteroatoms. The fraction of sp³-hybridized carbons (Fsp3) is 0.524. The molecule has 0 spiro atoms. The van der Waals surface area contributed by atoms with Gasteiger partial charge in [-0.25, -0.2) is 9.67 Å². The maximum atomic E-state index is 13.0. The molecule has 3 rings (SSSR count). The number of fused-ring (bicyclic) bond motifs is 2. The van der Waals surface area contributed by atoms with Crippen molar-refractivity contribution in [1.82, 2.24) is 19.7 Å². The second-order valence-corrected chi connectivity index (χ2v) is 6.97. The van der Waals surface area contributed by atoms with E-state index >= 15 is 0 Å². The maximum absolute atomic E-state index is 13.0. The first kappa shape index (κ1) is 19.9. The van der Waals surface area contributed by atoms with E-state index in [-0.39, 0.29) is 11.8 Å². The van der Waals surface area contributed by atoms with Crippen LogP contribution in [0.1, 0.15) is 68.9 Å². The lowest BCUT2D eigenvalue weighted by molar-refractivity contribution is -0.116. The lowest BCUT2D eigenvalue weighted by Gasteiger charge is -2.14. The molecule has 0 bridgehead atoms.